The molecule has 1 aromatic heterocycles. The molecule has 3 aromatic rings. The number of amides is 1. The van der Waals surface area contributed by atoms with Crippen molar-refractivity contribution in [1.29, 1.82) is 0 Å². The van der Waals surface area contributed by atoms with E-state index in [4.69, 9.17) is 16.3 Å². The van der Waals surface area contributed by atoms with Crippen molar-refractivity contribution in [3.05, 3.63) is 71.4 Å². The molecule has 2 aromatic carbocycles. The van der Waals surface area contributed by atoms with Crippen LogP contribution in [-0.2, 0) is 4.79 Å². The van der Waals surface area contributed by atoms with Crippen LogP contribution in [0.4, 0.5) is 0 Å². The van der Waals surface area contributed by atoms with Crippen LogP contribution in [0, 0.1) is 5.92 Å². The summed E-state index contributed by atoms with van der Waals surface area (Å²) in [7, 11) is 0. The predicted molar refractivity (Wildman–Crippen MR) is 104 cm³/mol. The Labute approximate surface area is 158 Å². The molecule has 26 heavy (non-hydrogen) atoms. The lowest BCUT2D eigenvalue weighted by atomic mass is 9.96. The van der Waals surface area contributed by atoms with Gasteiger partial charge in [0.05, 0.1) is 11.1 Å². The summed E-state index contributed by atoms with van der Waals surface area (Å²) in [5.41, 5.74) is 1.73. The molecule has 0 aliphatic carbocycles. The molecule has 0 aliphatic heterocycles. The lowest BCUT2D eigenvalue weighted by molar-refractivity contribution is -0.124. The number of nitrogens with zero attached hydrogens (tertiary/aromatic N) is 1. The smallest absolute Gasteiger partial charge is 0.258 e. The lowest BCUT2D eigenvalue weighted by Gasteiger charge is -2.23. The molecule has 4 nitrogen and oxygen atoms in total. The predicted octanol–water partition coefficient (Wildman–Crippen LogP) is 4.78. The molecule has 1 N–H and O–H groups in total. The molecule has 0 aliphatic rings. The van der Waals surface area contributed by atoms with Gasteiger partial charge in [-0.25, -0.2) is 0 Å². The summed E-state index contributed by atoms with van der Waals surface area (Å²) in [6.07, 6.45) is 1.68. The Hall–Kier alpha value is -2.59. The minimum Gasteiger partial charge on any atom is -0.481 e. The molecule has 0 radical (unpaired) electrons. The fourth-order valence-corrected chi connectivity index (χ4v) is 3.10. The van der Waals surface area contributed by atoms with Gasteiger partial charge in [-0.05, 0) is 35.7 Å². The van der Waals surface area contributed by atoms with Gasteiger partial charge in [0.15, 0.2) is 6.61 Å². The lowest BCUT2D eigenvalue weighted by Crippen LogP contribution is -2.35. The highest BCUT2D eigenvalue weighted by Crippen LogP contribution is 2.29. The number of ether oxygens (including phenoxy) is 1. The second-order valence-corrected chi connectivity index (χ2v) is 6.84. The van der Waals surface area contributed by atoms with E-state index in [0.717, 1.165) is 10.9 Å². The summed E-state index contributed by atoms with van der Waals surface area (Å²) < 4.78 is 5.72. The number of nitrogens with one attached hydrogen (secondary N) is 1. The average molecular weight is 369 g/mol. The minimum absolute atomic E-state index is 0.0626. The van der Waals surface area contributed by atoms with Crippen molar-refractivity contribution in [2.24, 2.45) is 5.92 Å². The zero-order valence-electron chi connectivity index (χ0n) is 14.8. The molecule has 0 saturated carbocycles. The quantitative estimate of drug-likeness (QED) is 0.681. The van der Waals surface area contributed by atoms with Gasteiger partial charge >= 0.3 is 0 Å². The maximum Gasteiger partial charge on any atom is 0.258 e. The molecule has 0 saturated heterocycles. The van der Waals surface area contributed by atoms with Crippen LogP contribution in [0.15, 0.2) is 60.8 Å². The summed E-state index contributed by atoms with van der Waals surface area (Å²) in [5.74, 6) is 0.631. The molecule has 1 atom stereocenters. The number of pyridine rings is 1. The number of benzene rings is 2. The molecular formula is C21H21ClN2O2. The Balaban J connectivity index is 1.70. The van der Waals surface area contributed by atoms with E-state index < -0.39 is 0 Å². The van der Waals surface area contributed by atoms with Gasteiger partial charge in [-0.15, -0.1) is 0 Å². The normalized spacial score (nSPS) is 12.2. The van der Waals surface area contributed by atoms with Crippen molar-refractivity contribution in [2.75, 3.05) is 6.61 Å². The third-order valence-electron chi connectivity index (χ3n) is 4.18. The zero-order valence-corrected chi connectivity index (χ0v) is 15.5. The van der Waals surface area contributed by atoms with Crippen LogP contribution < -0.4 is 10.1 Å². The van der Waals surface area contributed by atoms with E-state index in [0.29, 0.717) is 16.3 Å². The Morgan fingerprint density at radius 2 is 1.88 bits per heavy atom. The van der Waals surface area contributed by atoms with Crippen LogP contribution in [0.2, 0.25) is 5.02 Å². The Morgan fingerprint density at radius 1 is 1.12 bits per heavy atom. The Bertz CT molecular complexity index is 897. The van der Waals surface area contributed by atoms with E-state index in [-0.39, 0.29) is 24.5 Å². The van der Waals surface area contributed by atoms with E-state index in [1.807, 2.05) is 42.5 Å². The van der Waals surface area contributed by atoms with E-state index in [9.17, 15) is 4.79 Å². The van der Waals surface area contributed by atoms with Crippen molar-refractivity contribution in [2.45, 2.75) is 19.9 Å². The van der Waals surface area contributed by atoms with Crippen molar-refractivity contribution >= 4 is 28.4 Å². The first-order valence-corrected chi connectivity index (χ1v) is 8.94. The topological polar surface area (TPSA) is 51.2 Å². The molecule has 0 fully saturated rings. The molecular weight excluding hydrogens is 348 g/mol. The number of hydrogen-bond acceptors (Lipinski definition) is 3. The summed E-state index contributed by atoms with van der Waals surface area (Å²) >= 11 is 6.19. The van der Waals surface area contributed by atoms with E-state index in [1.54, 1.807) is 18.3 Å². The van der Waals surface area contributed by atoms with E-state index >= 15 is 0 Å². The zero-order chi connectivity index (χ0) is 18.5. The monoisotopic (exact) mass is 368 g/mol. The fraction of sp³-hybridized carbons (Fsp3) is 0.238. The van der Waals surface area contributed by atoms with Crippen LogP contribution >= 0.6 is 11.6 Å². The third-order valence-corrected chi connectivity index (χ3v) is 4.51. The first-order valence-electron chi connectivity index (χ1n) is 8.56. The number of hydrogen-bond donors (Lipinski definition) is 1. The van der Waals surface area contributed by atoms with Gasteiger partial charge in [-0.1, -0.05) is 55.8 Å². The standard InChI is InChI=1S/C21H21ClN2O2/c1-14(2)20(15-7-4-3-5-8-15)24-19(25)13-26-18-11-10-17(22)16-9-6-12-23-21(16)18/h3-12,14,20H,13H2,1-2H3,(H,24,25). The number of carbonyl (C=O) groups excluding carboxylic acids is 1. The minimum atomic E-state index is -0.174. The fourth-order valence-electron chi connectivity index (χ4n) is 2.88. The van der Waals surface area contributed by atoms with Gasteiger partial charge in [0.1, 0.15) is 11.3 Å². The van der Waals surface area contributed by atoms with Crippen LogP contribution in [0.5, 0.6) is 5.75 Å². The average Bonchev–Trinajstić information content (AvgIpc) is 2.66. The third kappa shape index (κ3) is 4.14. The van der Waals surface area contributed by atoms with E-state index in [1.165, 1.54) is 0 Å². The number of fused-ring (bicyclic) bond motifs is 1. The molecule has 5 heteroatoms. The summed E-state index contributed by atoms with van der Waals surface area (Å²) in [5, 5.41) is 4.46. The van der Waals surface area contributed by atoms with Gasteiger partial charge in [-0.3, -0.25) is 9.78 Å². The second kappa shape index (κ2) is 8.19. The van der Waals surface area contributed by atoms with Crippen molar-refractivity contribution in [3.8, 4) is 5.75 Å². The van der Waals surface area contributed by atoms with Crippen molar-refractivity contribution in [1.82, 2.24) is 10.3 Å². The summed E-state index contributed by atoms with van der Waals surface area (Å²) in [6.45, 7) is 4.08. The van der Waals surface area contributed by atoms with Gasteiger partial charge in [0.25, 0.3) is 5.91 Å². The van der Waals surface area contributed by atoms with Gasteiger partial charge in [0.2, 0.25) is 0 Å². The molecule has 0 spiro atoms. The highest BCUT2D eigenvalue weighted by atomic mass is 35.5. The number of rotatable bonds is 6. The number of aromatic nitrogens is 1. The Morgan fingerprint density at radius 3 is 2.62 bits per heavy atom. The largest absolute Gasteiger partial charge is 0.481 e. The summed E-state index contributed by atoms with van der Waals surface area (Å²) in [6, 6.07) is 17.1. The van der Waals surface area contributed by atoms with E-state index in [2.05, 4.69) is 24.1 Å². The highest BCUT2D eigenvalue weighted by Gasteiger charge is 2.18. The molecule has 134 valence electrons. The number of halogens is 1. The Kier molecular flexibility index (Phi) is 5.74. The molecule has 3 rings (SSSR count). The number of carbonyl (C=O) groups is 1. The van der Waals surface area contributed by atoms with Crippen LogP contribution in [0.1, 0.15) is 25.5 Å². The second-order valence-electron chi connectivity index (χ2n) is 6.43. The first kappa shape index (κ1) is 18.2. The first-order chi connectivity index (χ1) is 12.6. The highest BCUT2D eigenvalue weighted by molar-refractivity contribution is 6.35. The molecule has 1 heterocycles. The van der Waals surface area contributed by atoms with Gasteiger partial charge in [0, 0.05) is 11.6 Å². The molecule has 1 unspecified atom stereocenters. The van der Waals surface area contributed by atoms with Crippen LogP contribution in [-0.4, -0.2) is 17.5 Å². The maximum atomic E-state index is 12.4. The SMILES string of the molecule is CC(C)C(NC(=O)COc1ccc(Cl)c2cccnc12)c1ccccc1. The van der Waals surface area contributed by atoms with Crippen LogP contribution in [0.3, 0.4) is 0 Å². The summed E-state index contributed by atoms with van der Waals surface area (Å²) in [4.78, 5) is 16.7. The van der Waals surface area contributed by atoms with Gasteiger partial charge < -0.3 is 10.1 Å². The molecule has 0 bridgehead atoms. The maximum absolute atomic E-state index is 12.4. The van der Waals surface area contributed by atoms with Crippen molar-refractivity contribution in [3.63, 3.8) is 0 Å². The van der Waals surface area contributed by atoms with Gasteiger partial charge in [-0.2, -0.15) is 0 Å². The van der Waals surface area contributed by atoms with Crippen molar-refractivity contribution < 1.29 is 9.53 Å². The molecule has 1 amide bonds. The van der Waals surface area contributed by atoms with Crippen LogP contribution in [0.25, 0.3) is 10.9 Å².